The summed E-state index contributed by atoms with van der Waals surface area (Å²) in [5, 5.41) is 0. The Hall–Kier alpha value is -3.41. The summed E-state index contributed by atoms with van der Waals surface area (Å²) in [4.78, 5) is 37.2. The number of piperazine rings is 1. The fourth-order valence-electron chi connectivity index (χ4n) is 5.52. The van der Waals surface area contributed by atoms with Gasteiger partial charge in [-0.3, -0.25) is 4.79 Å². The van der Waals surface area contributed by atoms with E-state index in [4.69, 9.17) is 19.4 Å². The van der Waals surface area contributed by atoms with Gasteiger partial charge in [0, 0.05) is 51.0 Å². The first kappa shape index (κ1) is 26.8. The Morgan fingerprint density at radius 1 is 0.975 bits per heavy atom. The maximum atomic E-state index is 13.7. The zero-order valence-electron chi connectivity index (χ0n) is 23.1. The van der Waals surface area contributed by atoms with E-state index in [2.05, 4.69) is 26.8 Å². The van der Waals surface area contributed by atoms with Crippen molar-refractivity contribution in [1.82, 2.24) is 29.7 Å². The van der Waals surface area contributed by atoms with Gasteiger partial charge in [-0.1, -0.05) is 0 Å². The van der Waals surface area contributed by atoms with Gasteiger partial charge in [-0.05, 0) is 63.6 Å². The number of H-pyrrole nitrogens is 1. The van der Waals surface area contributed by atoms with Crippen molar-refractivity contribution in [1.29, 1.82) is 0 Å². The molecule has 0 aliphatic carbocycles. The van der Waals surface area contributed by atoms with E-state index in [9.17, 15) is 9.18 Å². The number of nitrogens with zero attached hydrogens (tertiary/aromatic N) is 6. The molecule has 3 fully saturated rings. The largest absolute Gasteiger partial charge is 0.345 e. The van der Waals surface area contributed by atoms with Gasteiger partial charge >= 0.3 is 0 Å². The first-order chi connectivity index (χ1) is 19.4. The topological polar surface area (TPSA) is 99.7 Å². The van der Waals surface area contributed by atoms with Crippen LogP contribution in [-0.4, -0.2) is 95.2 Å². The second kappa shape index (κ2) is 11.2. The Morgan fingerprint density at radius 2 is 1.68 bits per heavy atom. The molecule has 0 radical (unpaired) electrons. The Labute approximate surface area is 233 Å². The maximum absolute atomic E-state index is 13.7. The second-order valence-corrected chi connectivity index (χ2v) is 11.3. The smallest absolute Gasteiger partial charge is 0.233 e. The van der Waals surface area contributed by atoms with Crippen molar-refractivity contribution in [2.75, 3.05) is 64.4 Å². The number of hydrogen-bond acceptors (Lipinski definition) is 8. The highest BCUT2D eigenvalue weighted by molar-refractivity contribution is 5.83. The molecule has 3 aliphatic heterocycles. The molecule has 1 N–H and O–H groups in total. The van der Waals surface area contributed by atoms with Gasteiger partial charge in [-0.2, -0.15) is 0 Å². The highest BCUT2D eigenvalue weighted by Gasteiger charge is 2.43. The molecular formula is C29H36FN7O3. The van der Waals surface area contributed by atoms with Crippen LogP contribution in [0.1, 0.15) is 38.3 Å². The molecule has 3 aliphatic rings. The molecule has 1 aromatic carbocycles. The van der Waals surface area contributed by atoms with Crippen LogP contribution < -0.4 is 4.90 Å². The van der Waals surface area contributed by atoms with Crippen LogP contribution in [0.15, 0.2) is 36.5 Å². The van der Waals surface area contributed by atoms with E-state index in [0.717, 1.165) is 44.6 Å². The van der Waals surface area contributed by atoms with Crippen molar-refractivity contribution >= 4 is 11.9 Å². The molecule has 40 heavy (non-hydrogen) atoms. The Kier molecular flexibility index (Phi) is 7.52. The first-order valence-electron chi connectivity index (χ1n) is 14.0. The summed E-state index contributed by atoms with van der Waals surface area (Å²) < 4.78 is 26.0. The number of aromatic nitrogens is 4. The number of amides is 1. The van der Waals surface area contributed by atoms with Crippen LogP contribution in [-0.2, 0) is 14.3 Å². The van der Waals surface area contributed by atoms with Crippen molar-refractivity contribution in [3.63, 3.8) is 0 Å². The molecular weight excluding hydrogens is 513 g/mol. The monoisotopic (exact) mass is 549 g/mol. The number of nitrogens with one attached hydrogen (secondary N) is 1. The van der Waals surface area contributed by atoms with E-state index in [1.165, 1.54) is 18.6 Å². The van der Waals surface area contributed by atoms with Crippen LogP contribution in [0.4, 0.5) is 10.3 Å². The molecule has 6 rings (SSSR count). The van der Waals surface area contributed by atoms with E-state index in [1.54, 1.807) is 18.3 Å². The summed E-state index contributed by atoms with van der Waals surface area (Å²) in [6.45, 7) is 7.31. The number of likely N-dealkylation sites (N-methyl/N-ethyl adjacent to an activating group) is 1. The Morgan fingerprint density at radius 3 is 2.38 bits per heavy atom. The number of hydrogen-bond donors (Lipinski definition) is 1. The van der Waals surface area contributed by atoms with Crippen LogP contribution in [0, 0.1) is 11.2 Å². The van der Waals surface area contributed by atoms with Crippen molar-refractivity contribution in [3.8, 4) is 22.6 Å². The van der Waals surface area contributed by atoms with Gasteiger partial charge in [-0.25, -0.2) is 19.3 Å². The molecule has 1 amide bonds. The molecule has 0 bridgehead atoms. The average Bonchev–Trinajstić information content (AvgIpc) is 3.44. The van der Waals surface area contributed by atoms with Gasteiger partial charge in [-0.15, -0.1) is 0 Å². The molecule has 0 unspecified atom stereocenters. The molecule has 0 saturated carbocycles. The molecule has 10 nitrogen and oxygen atoms in total. The minimum absolute atomic E-state index is 0.0532. The Bertz CT molecular complexity index is 1330. The Balaban J connectivity index is 1.26. The van der Waals surface area contributed by atoms with Gasteiger partial charge in [0.2, 0.25) is 18.1 Å². The number of ether oxygens (including phenoxy) is 2. The van der Waals surface area contributed by atoms with Crippen LogP contribution in [0.3, 0.4) is 0 Å². The number of halogens is 1. The summed E-state index contributed by atoms with van der Waals surface area (Å²) in [6.07, 6.45) is 4.44. The fourth-order valence-corrected chi connectivity index (χ4v) is 5.52. The maximum Gasteiger partial charge on any atom is 0.233 e. The van der Waals surface area contributed by atoms with Crippen molar-refractivity contribution in [3.05, 3.63) is 48.2 Å². The molecule has 3 aromatic rings. The van der Waals surface area contributed by atoms with Crippen molar-refractivity contribution in [2.45, 2.75) is 32.5 Å². The third-order valence-corrected chi connectivity index (χ3v) is 8.01. The van der Waals surface area contributed by atoms with E-state index in [1.807, 2.05) is 17.9 Å². The number of anilines is 1. The lowest BCUT2D eigenvalue weighted by atomic mass is 9.90. The number of carbonyl (C=O) groups excluding carboxylic acids is 1. The highest BCUT2D eigenvalue weighted by Crippen LogP contribution is 2.36. The SMILES string of the molecule is CN1CCN(C(=O)C2(C)COC(c3nc(-c4ccc(F)cc4)c(-c4ccnc(N5CCCCC5)n4)[nH]3)OC2)CC1. The third-order valence-electron chi connectivity index (χ3n) is 8.01. The molecule has 11 heteroatoms. The van der Waals surface area contributed by atoms with Gasteiger partial charge in [0.1, 0.15) is 5.82 Å². The van der Waals surface area contributed by atoms with Crippen LogP contribution >= 0.6 is 0 Å². The van der Waals surface area contributed by atoms with Gasteiger partial charge in [0.25, 0.3) is 0 Å². The van der Waals surface area contributed by atoms with Gasteiger partial charge in [0.05, 0.1) is 35.7 Å². The second-order valence-electron chi connectivity index (χ2n) is 11.3. The van der Waals surface area contributed by atoms with Crippen LogP contribution in [0.5, 0.6) is 0 Å². The molecule has 3 saturated heterocycles. The van der Waals surface area contributed by atoms with E-state index in [0.29, 0.717) is 41.9 Å². The van der Waals surface area contributed by atoms with Gasteiger partial charge in [0.15, 0.2) is 5.82 Å². The number of carbonyl (C=O) groups is 1. The fraction of sp³-hybridized carbons (Fsp3) is 0.517. The number of benzene rings is 1. The molecule has 2 aromatic heterocycles. The minimum Gasteiger partial charge on any atom is -0.345 e. The lowest BCUT2D eigenvalue weighted by molar-refractivity contribution is -0.234. The number of imidazole rings is 1. The standard InChI is InChI=1S/C29H36FN7O3/c1-29(27(38)36-16-14-35(2)15-17-36)18-39-26(40-19-29)25-33-23(20-6-8-21(30)9-7-20)24(34-25)22-10-11-31-28(32-22)37-12-4-3-5-13-37/h6-11,26H,3-5,12-19H2,1-2H3,(H,33,34). The van der Waals surface area contributed by atoms with Crippen LogP contribution in [0.25, 0.3) is 22.6 Å². The number of piperidine rings is 1. The summed E-state index contributed by atoms with van der Waals surface area (Å²) in [6, 6.07) is 8.05. The molecule has 5 heterocycles. The lowest BCUT2D eigenvalue weighted by Crippen LogP contribution is -2.55. The van der Waals surface area contributed by atoms with E-state index < -0.39 is 11.7 Å². The molecule has 0 spiro atoms. The van der Waals surface area contributed by atoms with E-state index >= 15 is 0 Å². The van der Waals surface area contributed by atoms with Crippen LogP contribution in [0.2, 0.25) is 0 Å². The predicted octanol–water partition coefficient (Wildman–Crippen LogP) is 3.49. The van der Waals surface area contributed by atoms with Crippen molar-refractivity contribution < 1.29 is 18.7 Å². The molecule has 212 valence electrons. The van der Waals surface area contributed by atoms with E-state index in [-0.39, 0.29) is 24.9 Å². The summed E-state index contributed by atoms with van der Waals surface area (Å²) >= 11 is 0. The van der Waals surface area contributed by atoms with Gasteiger partial charge < -0.3 is 29.2 Å². The average molecular weight is 550 g/mol. The van der Waals surface area contributed by atoms with Crippen molar-refractivity contribution in [2.24, 2.45) is 5.41 Å². The molecule has 0 atom stereocenters. The number of rotatable bonds is 5. The summed E-state index contributed by atoms with van der Waals surface area (Å²) in [5.74, 6) is 0.888. The quantitative estimate of drug-likeness (QED) is 0.517. The zero-order chi connectivity index (χ0) is 27.7. The highest BCUT2D eigenvalue weighted by atomic mass is 19.1. The minimum atomic E-state index is -0.773. The summed E-state index contributed by atoms with van der Waals surface area (Å²) in [5.41, 5.74) is 1.95. The first-order valence-corrected chi connectivity index (χ1v) is 14.0. The third kappa shape index (κ3) is 5.45. The summed E-state index contributed by atoms with van der Waals surface area (Å²) in [7, 11) is 2.06. The predicted molar refractivity (Wildman–Crippen MR) is 148 cm³/mol. The normalized spacial score (nSPS) is 24.3. The zero-order valence-corrected chi connectivity index (χ0v) is 23.1. The number of aromatic amines is 1. The lowest BCUT2D eigenvalue weighted by Gasteiger charge is -2.41.